The Labute approximate surface area is 122 Å². The number of amides is 1. The maximum absolute atomic E-state index is 11.7. The van der Waals surface area contributed by atoms with Gasteiger partial charge in [0.05, 0.1) is 22.5 Å². The van der Waals surface area contributed by atoms with Crippen LogP contribution >= 0.6 is 11.6 Å². The van der Waals surface area contributed by atoms with Crippen molar-refractivity contribution in [1.29, 1.82) is 0 Å². The number of nitrogens with one attached hydrogen (secondary N) is 2. The Bertz CT molecular complexity index is 616. The number of hydrogen-bond acceptors (Lipinski definition) is 5. The van der Waals surface area contributed by atoms with E-state index in [1.807, 2.05) is 0 Å². The third kappa shape index (κ3) is 4.78. The second kappa shape index (κ2) is 6.19. The molecular weight excluding hydrogens is 306 g/mol. The fourth-order valence-electron chi connectivity index (χ4n) is 1.33. The van der Waals surface area contributed by atoms with E-state index in [0.717, 1.165) is 0 Å². The Hall–Kier alpha value is -1.67. The summed E-state index contributed by atoms with van der Waals surface area (Å²) in [5.41, 5.74) is 6.70. The van der Waals surface area contributed by atoms with Crippen LogP contribution in [0, 0.1) is 6.92 Å². The van der Waals surface area contributed by atoms with E-state index in [2.05, 4.69) is 9.46 Å². The lowest BCUT2D eigenvalue weighted by molar-refractivity contribution is 0.121. The highest BCUT2D eigenvalue weighted by Crippen LogP contribution is 2.27. The predicted molar refractivity (Wildman–Crippen MR) is 77.9 cm³/mol. The average molecular weight is 322 g/mol. The molecule has 0 fully saturated rings. The zero-order chi connectivity index (χ0) is 15.5. The van der Waals surface area contributed by atoms with Crippen molar-refractivity contribution < 1.29 is 17.9 Å². The molecule has 0 aliphatic rings. The van der Waals surface area contributed by atoms with Gasteiger partial charge in [-0.3, -0.25) is 4.72 Å². The van der Waals surface area contributed by atoms with Crippen LogP contribution in [0.1, 0.15) is 19.4 Å². The summed E-state index contributed by atoms with van der Waals surface area (Å²) in [6.45, 7) is 4.85. The minimum absolute atomic E-state index is 0.207. The molecule has 0 atom stereocenters. The van der Waals surface area contributed by atoms with Crippen LogP contribution < -0.4 is 15.2 Å². The third-order valence-corrected chi connectivity index (χ3v) is 3.40. The van der Waals surface area contributed by atoms with Crippen LogP contribution in [0.3, 0.4) is 0 Å². The number of anilines is 2. The Morgan fingerprint density at radius 3 is 2.55 bits per heavy atom. The molecule has 0 unspecified atom stereocenters. The highest BCUT2D eigenvalue weighted by atomic mass is 35.5. The average Bonchev–Trinajstić information content (AvgIpc) is 2.23. The first-order valence-electron chi connectivity index (χ1n) is 5.67. The predicted octanol–water partition coefficient (Wildman–Crippen LogP) is 2.02. The van der Waals surface area contributed by atoms with Crippen molar-refractivity contribution in [1.82, 2.24) is 4.72 Å². The summed E-state index contributed by atoms with van der Waals surface area (Å²) in [7, 11) is -4.11. The van der Waals surface area contributed by atoms with Gasteiger partial charge in [0.25, 0.3) is 0 Å². The Balaban J connectivity index is 2.87. The van der Waals surface area contributed by atoms with Crippen molar-refractivity contribution in [3.63, 3.8) is 0 Å². The molecule has 112 valence electrons. The van der Waals surface area contributed by atoms with Gasteiger partial charge in [-0.1, -0.05) is 11.6 Å². The van der Waals surface area contributed by atoms with Gasteiger partial charge in [-0.2, -0.15) is 8.42 Å². The third-order valence-electron chi connectivity index (χ3n) is 2.15. The number of carbonyl (C=O) groups is 1. The fourth-order valence-corrected chi connectivity index (χ4v) is 2.32. The van der Waals surface area contributed by atoms with Crippen molar-refractivity contribution in [3.05, 3.63) is 22.7 Å². The van der Waals surface area contributed by atoms with Crippen LogP contribution in [-0.2, 0) is 14.9 Å². The number of benzene rings is 1. The fraction of sp³-hybridized carbons (Fsp3) is 0.364. The van der Waals surface area contributed by atoms with Gasteiger partial charge in [0.2, 0.25) is 0 Å². The molecule has 0 aromatic heterocycles. The van der Waals surface area contributed by atoms with Gasteiger partial charge in [-0.05, 0) is 38.5 Å². The molecule has 1 amide bonds. The number of aryl methyl sites for hydroxylation is 1. The molecule has 9 heteroatoms. The van der Waals surface area contributed by atoms with Crippen molar-refractivity contribution >= 4 is 39.3 Å². The molecule has 4 N–H and O–H groups in total. The van der Waals surface area contributed by atoms with Crippen LogP contribution in [0.4, 0.5) is 16.2 Å². The molecule has 1 aromatic rings. The number of ether oxygens (including phenoxy) is 1. The van der Waals surface area contributed by atoms with Gasteiger partial charge in [0.1, 0.15) is 0 Å². The van der Waals surface area contributed by atoms with Gasteiger partial charge in [-0.15, -0.1) is 0 Å². The molecule has 7 nitrogen and oxygen atoms in total. The smallest absolute Gasteiger partial charge is 0.422 e. The van der Waals surface area contributed by atoms with Gasteiger partial charge in [0, 0.05) is 0 Å². The summed E-state index contributed by atoms with van der Waals surface area (Å²) in [5.74, 6) is 0. The standard InChI is InChI=1S/C11H16ClN3O4S/c1-6(2)19-11(16)15-20(17,18)14-10-5-8(12)9(13)4-7(10)3/h4-6,14H,13H2,1-3H3,(H,15,16). The topological polar surface area (TPSA) is 111 Å². The maximum atomic E-state index is 11.7. The van der Waals surface area contributed by atoms with Crippen molar-refractivity contribution in [2.24, 2.45) is 0 Å². The molecule has 20 heavy (non-hydrogen) atoms. The highest BCUT2D eigenvalue weighted by molar-refractivity contribution is 7.91. The summed E-state index contributed by atoms with van der Waals surface area (Å²) < 4.78 is 32.1. The largest absolute Gasteiger partial charge is 0.446 e. The highest BCUT2D eigenvalue weighted by Gasteiger charge is 2.17. The summed E-state index contributed by atoms with van der Waals surface area (Å²) in [6.07, 6.45) is -1.50. The molecule has 1 aromatic carbocycles. The second-order valence-electron chi connectivity index (χ2n) is 4.35. The zero-order valence-electron chi connectivity index (χ0n) is 11.2. The van der Waals surface area contributed by atoms with E-state index in [1.165, 1.54) is 12.1 Å². The molecule has 0 spiro atoms. The summed E-state index contributed by atoms with van der Waals surface area (Å²) in [5, 5.41) is 0.207. The minimum atomic E-state index is -4.11. The molecule has 0 saturated carbocycles. The number of carbonyl (C=O) groups excluding carboxylic acids is 1. The SMILES string of the molecule is Cc1cc(N)c(Cl)cc1NS(=O)(=O)NC(=O)OC(C)C. The molecule has 1 rings (SSSR count). The summed E-state index contributed by atoms with van der Waals surface area (Å²) >= 11 is 5.82. The van der Waals surface area contributed by atoms with Crippen LogP contribution in [0.2, 0.25) is 5.02 Å². The van der Waals surface area contributed by atoms with Crippen LogP contribution in [0.15, 0.2) is 12.1 Å². The monoisotopic (exact) mass is 321 g/mol. The van der Waals surface area contributed by atoms with Crippen molar-refractivity contribution in [2.75, 3.05) is 10.5 Å². The summed E-state index contributed by atoms with van der Waals surface area (Å²) in [4.78, 5) is 11.3. The number of halogens is 1. The molecule has 0 aliphatic carbocycles. The Morgan fingerprint density at radius 2 is 2.00 bits per heavy atom. The van der Waals surface area contributed by atoms with E-state index in [-0.39, 0.29) is 10.7 Å². The molecular formula is C11H16ClN3O4S. The molecule has 0 radical (unpaired) electrons. The van der Waals surface area contributed by atoms with E-state index in [1.54, 1.807) is 25.5 Å². The van der Waals surface area contributed by atoms with Crippen LogP contribution in [0.5, 0.6) is 0 Å². The lowest BCUT2D eigenvalue weighted by Gasteiger charge is -2.13. The van der Waals surface area contributed by atoms with Crippen molar-refractivity contribution in [3.8, 4) is 0 Å². The first-order chi connectivity index (χ1) is 9.10. The van der Waals surface area contributed by atoms with Gasteiger partial charge in [0.15, 0.2) is 0 Å². The molecule has 0 saturated heterocycles. The number of nitrogens with two attached hydrogens (primary N) is 1. The van der Waals surface area contributed by atoms with Gasteiger partial charge < -0.3 is 10.5 Å². The van der Waals surface area contributed by atoms with E-state index in [0.29, 0.717) is 11.3 Å². The van der Waals surface area contributed by atoms with Gasteiger partial charge >= 0.3 is 16.3 Å². The van der Waals surface area contributed by atoms with E-state index < -0.39 is 22.4 Å². The lowest BCUT2D eigenvalue weighted by Crippen LogP contribution is -2.37. The maximum Gasteiger partial charge on any atom is 0.422 e. The molecule has 0 heterocycles. The van der Waals surface area contributed by atoms with E-state index >= 15 is 0 Å². The second-order valence-corrected chi connectivity index (χ2v) is 6.17. The molecule has 0 bridgehead atoms. The first-order valence-corrected chi connectivity index (χ1v) is 7.53. The minimum Gasteiger partial charge on any atom is -0.446 e. The van der Waals surface area contributed by atoms with Crippen LogP contribution in [-0.4, -0.2) is 20.6 Å². The van der Waals surface area contributed by atoms with Crippen LogP contribution in [0.25, 0.3) is 0 Å². The lowest BCUT2D eigenvalue weighted by atomic mass is 10.2. The number of hydrogen-bond donors (Lipinski definition) is 3. The Morgan fingerprint density at radius 1 is 1.40 bits per heavy atom. The van der Waals surface area contributed by atoms with E-state index in [9.17, 15) is 13.2 Å². The summed E-state index contributed by atoms with van der Waals surface area (Å²) in [6, 6.07) is 2.88. The normalized spacial score (nSPS) is 11.2. The van der Waals surface area contributed by atoms with Gasteiger partial charge in [-0.25, -0.2) is 9.52 Å². The first kappa shape index (κ1) is 16.4. The van der Waals surface area contributed by atoms with Crippen molar-refractivity contribution in [2.45, 2.75) is 26.9 Å². The zero-order valence-corrected chi connectivity index (χ0v) is 12.8. The Kier molecular flexibility index (Phi) is 5.07. The quantitative estimate of drug-likeness (QED) is 0.735. The number of rotatable bonds is 4. The molecule has 0 aliphatic heterocycles. The number of nitrogen functional groups attached to an aromatic ring is 1. The van der Waals surface area contributed by atoms with E-state index in [4.69, 9.17) is 17.3 Å².